The van der Waals surface area contributed by atoms with Crippen LogP contribution in [0.3, 0.4) is 0 Å². The fourth-order valence-corrected chi connectivity index (χ4v) is 2.25. The van der Waals surface area contributed by atoms with Crippen LogP contribution in [0.15, 0.2) is 39.3 Å². The first-order valence-electron chi connectivity index (χ1n) is 4.05. The minimum Gasteiger partial charge on any atom is -0.339 e. The van der Waals surface area contributed by atoms with Crippen molar-refractivity contribution in [3.63, 3.8) is 0 Å². The maximum absolute atomic E-state index is 4.27. The summed E-state index contributed by atoms with van der Waals surface area (Å²) in [6.07, 6.45) is 5.32. The van der Waals surface area contributed by atoms with E-state index in [1.54, 1.807) is 18.6 Å². The Kier molecular flexibility index (Phi) is 2.88. The van der Waals surface area contributed by atoms with Gasteiger partial charge in [-0.25, -0.2) is 9.97 Å². The van der Waals surface area contributed by atoms with Gasteiger partial charge in [0.1, 0.15) is 5.03 Å². The average Bonchev–Trinajstić information content (AvgIpc) is 2.66. The van der Waals surface area contributed by atoms with Crippen molar-refractivity contribution in [3.8, 4) is 0 Å². The second-order valence-electron chi connectivity index (χ2n) is 2.74. The van der Waals surface area contributed by atoms with Crippen LogP contribution in [-0.2, 0) is 0 Å². The Morgan fingerprint density at radius 3 is 2.93 bits per heavy atom. The zero-order valence-corrected chi connectivity index (χ0v) is 9.89. The molecule has 0 radical (unpaired) electrons. The summed E-state index contributed by atoms with van der Waals surface area (Å²) >= 11 is 5.01. The number of H-pyrrole nitrogens is 1. The summed E-state index contributed by atoms with van der Waals surface area (Å²) in [5, 5.41) is 1.78. The molecule has 0 atom stereocenters. The van der Waals surface area contributed by atoms with E-state index in [2.05, 4.69) is 30.9 Å². The molecular formula is C9H8BrN3S. The fraction of sp³-hybridized carbons (Fsp3) is 0.111. The SMILES string of the molecule is Cc1ccnc(Sc2ncc[nH]2)c1Br. The number of nitrogens with zero attached hydrogens (tertiary/aromatic N) is 2. The van der Waals surface area contributed by atoms with E-state index in [0.29, 0.717) is 0 Å². The summed E-state index contributed by atoms with van der Waals surface area (Å²) in [6, 6.07) is 1.97. The molecule has 0 saturated carbocycles. The number of hydrogen-bond donors (Lipinski definition) is 1. The molecule has 0 spiro atoms. The Bertz CT molecular complexity index is 428. The van der Waals surface area contributed by atoms with Crippen molar-refractivity contribution in [2.24, 2.45) is 0 Å². The summed E-state index contributed by atoms with van der Waals surface area (Å²) < 4.78 is 1.03. The fourth-order valence-electron chi connectivity index (χ4n) is 0.985. The van der Waals surface area contributed by atoms with E-state index in [0.717, 1.165) is 14.7 Å². The minimum atomic E-state index is 0.851. The Labute approximate surface area is 94.5 Å². The predicted molar refractivity (Wildman–Crippen MR) is 59.4 cm³/mol. The quantitative estimate of drug-likeness (QED) is 0.912. The number of halogens is 1. The third kappa shape index (κ3) is 1.99. The lowest BCUT2D eigenvalue weighted by Gasteiger charge is -2.02. The maximum atomic E-state index is 4.27. The highest BCUT2D eigenvalue weighted by Gasteiger charge is 2.06. The molecule has 5 heteroatoms. The normalized spacial score (nSPS) is 10.4. The first kappa shape index (κ1) is 9.73. The van der Waals surface area contributed by atoms with Crippen LogP contribution in [-0.4, -0.2) is 15.0 Å². The Morgan fingerprint density at radius 1 is 1.36 bits per heavy atom. The van der Waals surface area contributed by atoms with Crippen molar-refractivity contribution in [1.29, 1.82) is 0 Å². The highest BCUT2D eigenvalue weighted by atomic mass is 79.9. The van der Waals surface area contributed by atoms with Gasteiger partial charge in [-0.2, -0.15) is 0 Å². The average molecular weight is 270 g/mol. The van der Waals surface area contributed by atoms with Crippen LogP contribution in [0.5, 0.6) is 0 Å². The second-order valence-corrected chi connectivity index (χ2v) is 4.51. The number of pyridine rings is 1. The van der Waals surface area contributed by atoms with Gasteiger partial charge in [0.15, 0.2) is 5.16 Å². The van der Waals surface area contributed by atoms with Crippen molar-refractivity contribution < 1.29 is 0 Å². The molecule has 1 N–H and O–H groups in total. The summed E-state index contributed by atoms with van der Waals surface area (Å²) in [5.74, 6) is 0. The van der Waals surface area contributed by atoms with E-state index in [1.165, 1.54) is 17.3 Å². The molecule has 0 aliphatic rings. The molecule has 2 rings (SSSR count). The summed E-state index contributed by atoms with van der Waals surface area (Å²) in [5.41, 5.74) is 1.18. The minimum absolute atomic E-state index is 0.851. The Morgan fingerprint density at radius 2 is 2.21 bits per heavy atom. The first-order valence-corrected chi connectivity index (χ1v) is 5.66. The number of rotatable bonds is 2. The summed E-state index contributed by atoms with van der Waals surface area (Å²) in [6.45, 7) is 2.04. The van der Waals surface area contributed by atoms with E-state index in [4.69, 9.17) is 0 Å². The van der Waals surface area contributed by atoms with Crippen molar-refractivity contribution in [2.75, 3.05) is 0 Å². The number of hydrogen-bond acceptors (Lipinski definition) is 3. The van der Waals surface area contributed by atoms with Gasteiger partial charge >= 0.3 is 0 Å². The largest absolute Gasteiger partial charge is 0.339 e. The van der Waals surface area contributed by atoms with E-state index in [-0.39, 0.29) is 0 Å². The van der Waals surface area contributed by atoms with E-state index in [9.17, 15) is 0 Å². The molecular weight excluding hydrogens is 262 g/mol. The molecule has 0 aliphatic carbocycles. The third-order valence-electron chi connectivity index (χ3n) is 1.72. The maximum Gasteiger partial charge on any atom is 0.171 e. The molecule has 0 aliphatic heterocycles. The number of aryl methyl sites for hydroxylation is 1. The van der Waals surface area contributed by atoms with Gasteiger partial charge in [-0.1, -0.05) is 0 Å². The highest BCUT2D eigenvalue weighted by Crippen LogP contribution is 2.31. The molecule has 2 aromatic heterocycles. The van der Waals surface area contributed by atoms with Crippen LogP contribution < -0.4 is 0 Å². The molecule has 0 amide bonds. The molecule has 3 nitrogen and oxygen atoms in total. The van der Waals surface area contributed by atoms with Gasteiger partial charge in [0.2, 0.25) is 0 Å². The van der Waals surface area contributed by atoms with Gasteiger partial charge in [0, 0.05) is 18.6 Å². The lowest BCUT2D eigenvalue weighted by molar-refractivity contribution is 1.03. The van der Waals surface area contributed by atoms with Gasteiger partial charge in [-0.15, -0.1) is 0 Å². The molecule has 2 aromatic rings. The third-order valence-corrected chi connectivity index (χ3v) is 3.90. The van der Waals surface area contributed by atoms with Crippen molar-refractivity contribution in [1.82, 2.24) is 15.0 Å². The molecule has 0 fully saturated rings. The van der Waals surface area contributed by atoms with Crippen LogP contribution >= 0.6 is 27.7 Å². The lowest BCUT2D eigenvalue weighted by atomic mass is 10.3. The summed E-state index contributed by atoms with van der Waals surface area (Å²) in [7, 11) is 0. The van der Waals surface area contributed by atoms with Crippen molar-refractivity contribution in [3.05, 3.63) is 34.7 Å². The molecule has 0 aromatic carbocycles. The number of aromatic nitrogens is 3. The van der Waals surface area contributed by atoms with Crippen LogP contribution in [0.2, 0.25) is 0 Å². The molecule has 14 heavy (non-hydrogen) atoms. The zero-order chi connectivity index (χ0) is 9.97. The van der Waals surface area contributed by atoms with Crippen LogP contribution in [0.1, 0.15) is 5.56 Å². The first-order chi connectivity index (χ1) is 6.77. The number of nitrogens with one attached hydrogen (secondary N) is 1. The van der Waals surface area contributed by atoms with Gasteiger partial charge in [0.25, 0.3) is 0 Å². The monoisotopic (exact) mass is 269 g/mol. The van der Waals surface area contributed by atoms with Gasteiger partial charge in [0.05, 0.1) is 4.47 Å². The van der Waals surface area contributed by atoms with Gasteiger partial charge in [-0.3, -0.25) is 0 Å². The zero-order valence-electron chi connectivity index (χ0n) is 7.49. The van der Waals surface area contributed by atoms with Gasteiger partial charge in [-0.05, 0) is 46.2 Å². The Hall–Kier alpha value is -0.810. The van der Waals surface area contributed by atoms with E-state index >= 15 is 0 Å². The molecule has 2 heterocycles. The second kappa shape index (κ2) is 4.14. The molecule has 0 unspecified atom stereocenters. The highest BCUT2D eigenvalue weighted by molar-refractivity contribution is 9.10. The standard InChI is InChI=1S/C9H8BrN3S/c1-6-2-3-11-8(7(6)10)14-9-12-4-5-13-9/h2-5H,1H3,(H,12,13). The topological polar surface area (TPSA) is 41.6 Å². The molecule has 72 valence electrons. The lowest BCUT2D eigenvalue weighted by Crippen LogP contribution is -1.85. The smallest absolute Gasteiger partial charge is 0.171 e. The predicted octanol–water partition coefficient (Wildman–Crippen LogP) is 3.03. The number of imidazole rings is 1. The van der Waals surface area contributed by atoms with E-state index in [1.807, 2.05) is 13.0 Å². The van der Waals surface area contributed by atoms with E-state index < -0.39 is 0 Å². The summed E-state index contributed by atoms with van der Waals surface area (Å²) in [4.78, 5) is 11.4. The van der Waals surface area contributed by atoms with Crippen LogP contribution in [0, 0.1) is 6.92 Å². The van der Waals surface area contributed by atoms with Crippen LogP contribution in [0.4, 0.5) is 0 Å². The Balaban J connectivity index is 2.29. The van der Waals surface area contributed by atoms with Crippen molar-refractivity contribution in [2.45, 2.75) is 17.1 Å². The van der Waals surface area contributed by atoms with Crippen LogP contribution in [0.25, 0.3) is 0 Å². The number of aromatic amines is 1. The van der Waals surface area contributed by atoms with Gasteiger partial charge < -0.3 is 4.98 Å². The molecule has 0 bridgehead atoms. The molecule has 0 saturated heterocycles. The van der Waals surface area contributed by atoms with Crippen molar-refractivity contribution >= 4 is 27.7 Å².